The Bertz CT molecular complexity index is 700. The number of hydrogen-bond acceptors (Lipinski definition) is 7. The number of amides is 2. The molecule has 0 aliphatic carbocycles. The Labute approximate surface area is 195 Å². The van der Waals surface area contributed by atoms with E-state index in [1.54, 1.807) is 31.1 Å². The van der Waals surface area contributed by atoms with Gasteiger partial charge in [0, 0.05) is 13.1 Å². The first-order valence-corrected chi connectivity index (χ1v) is 11.3. The summed E-state index contributed by atoms with van der Waals surface area (Å²) < 4.78 is 11.3. The fraction of sp³-hybridized carbons (Fsp3) is 0.857. The van der Waals surface area contributed by atoms with Crippen molar-refractivity contribution in [2.24, 2.45) is 10.7 Å². The average molecular weight is 473 g/mol. The van der Waals surface area contributed by atoms with E-state index in [4.69, 9.17) is 15.2 Å². The number of nitrogens with zero attached hydrogens (tertiary/aromatic N) is 3. The van der Waals surface area contributed by atoms with E-state index in [2.05, 4.69) is 10.3 Å². The van der Waals surface area contributed by atoms with E-state index in [1.807, 2.05) is 20.8 Å². The molecule has 0 aromatic rings. The molecule has 0 aromatic heterocycles. The Morgan fingerprint density at radius 2 is 1.88 bits per heavy atom. The van der Waals surface area contributed by atoms with E-state index in [9.17, 15) is 19.7 Å². The maximum Gasteiger partial charge on any atom is 0.408 e. The Morgan fingerprint density at radius 1 is 1.21 bits per heavy atom. The highest BCUT2D eigenvalue weighted by atomic mass is 16.7. The van der Waals surface area contributed by atoms with E-state index in [-0.39, 0.29) is 36.5 Å². The number of alkyl carbamates (subject to hydrolysis) is 1. The molecular formula is C21H40N6O6. The molecule has 0 bridgehead atoms. The fourth-order valence-electron chi connectivity index (χ4n) is 3.34. The second-order valence-corrected chi connectivity index (χ2v) is 10.1. The lowest BCUT2D eigenvalue weighted by Crippen LogP contribution is -2.55. The highest BCUT2D eigenvalue weighted by Crippen LogP contribution is 2.21. The third-order valence-corrected chi connectivity index (χ3v) is 4.75. The number of carbonyl (C=O) groups excluding carboxylic acids is 2. The molecule has 1 aliphatic rings. The molecule has 1 rings (SSSR count). The van der Waals surface area contributed by atoms with E-state index in [0.29, 0.717) is 19.6 Å². The number of likely N-dealkylation sites (tertiary alicyclic amines) is 1. The van der Waals surface area contributed by atoms with Crippen LogP contribution in [0.25, 0.3) is 0 Å². The lowest BCUT2D eigenvalue weighted by Gasteiger charge is -2.39. The highest BCUT2D eigenvalue weighted by molar-refractivity contribution is 5.86. The van der Waals surface area contributed by atoms with Crippen molar-refractivity contribution in [3.05, 3.63) is 10.1 Å². The quantitative estimate of drug-likeness (QED) is 0.151. The van der Waals surface area contributed by atoms with Crippen LogP contribution in [0.2, 0.25) is 0 Å². The van der Waals surface area contributed by atoms with Crippen molar-refractivity contribution < 1.29 is 24.1 Å². The number of carbonyl (C=O) groups is 2. The summed E-state index contributed by atoms with van der Waals surface area (Å²) in [6, 6.07) is -0.902. The van der Waals surface area contributed by atoms with Crippen molar-refractivity contribution in [1.82, 2.24) is 15.6 Å². The number of ether oxygens (including phenoxy) is 2. The zero-order valence-electron chi connectivity index (χ0n) is 20.7. The first-order valence-electron chi connectivity index (χ1n) is 11.3. The molecule has 0 saturated carbocycles. The van der Waals surface area contributed by atoms with Gasteiger partial charge in [-0.2, -0.15) is 0 Å². The number of nitrogens with one attached hydrogen (secondary N) is 2. The van der Waals surface area contributed by atoms with Gasteiger partial charge in [-0.1, -0.05) is 5.43 Å². The van der Waals surface area contributed by atoms with E-state index in [0.717, 1.165) is 19.3 Å². The normalized spacial score (nSPS) is 18.4. The second kappa shape index (κ2) is 12.6. The molecule has 2 atom stereocenters. The Morgan fingerprint density at radius 3 is 2.45 bits per heavy atom. The van der Waals surface area contributed by atoms with E-state index in [1.165, 1.54) is 0 Å². The molecule has 0 radical (unpaired) electrons. The minimum atomic E-state index is -0.824. The lowest BCUT2D eigenvalue weighted by atomic mass is 10.00. The van der Waals surface area contributed by atoms with Crippen molar-refractivity contribution in [2.45, 2.75) is 96.9 Å². The van der Waals surface area contributed by atoms with Crippen molar-refractivity contribution in [3.8, 4) is 0 Å². The molecule has 2 amide bonds. The van der Waals surface area contributed by atoms with Gasteiger partial charge in [0.15, 0.2) is 5.03 Å². The predicted molar refractivity (Wildman–Crippen MR) is 124 cm³/mol. The van der Waals surface area contributed by atoms with E-state index >= 15 is 0 Å². The number of hydrazine groups is 1. The molecule has 1 fully saturated rings. The molecule has 0 unspecified atom stereocenters. The summed E-state index contributed by atoms with van der Waals surface area (Å²) in [5, 5.41) is 12.3. The van der Waals surface area contributed by atoms with Gasteiger partial charge in [-0.25, -0.2) is 19.9 Å². The topological polar surface area (TPSA) is 161 Å². The SMILES string of the molecule is CC(C)(C)OC[C@H]1CCCCN1C(=O)[C@H](CCCN=C(N)N[N+](=O)[O-])NC(=O)OC(C)(C)C. The molecule has 4 N–H and O–H groups in total. The van der Waals surface area contributed by atoms with Gasteiger partial charge in [0.25, 0.3) is 5.96 Å². The van der Waals surface area contributed by atoms with Crippen LogP contribution >= 0.6 is 0 Å². The standard InChI is InChI=1S/C21H40N6O6/c1-20(2,3)32-14-15-10-7-8-13-26(15)17(28)16(24-19(29)33-21(4,5)6)11-9-12-23-18(22)25-27(30)31/h15-16H,7-14H2,1-6H3,(H,24,29)(H3,22,23,25)/t15-,16+/m1/s1. The van der Waals surface area contributed by atoms with Crippen LogP contribution in [0.3, 0.4) is 0 Å². The van der Waals surface area contributed by atoms with Gasteiger partial charge < -0.3 is 25.4 Å². The molecule has 190 valence electrons. The molecule has 12 heteroatoms. The summed E-state index contributed by atoms with van der Waals surface area (Å²) in [7, 11) is 0. The van der Waals surface area contributed by atoms with Gasteiger partial charge in [-0.05, 0) is 73.6 Å². The summed E-state index contributed by atoms with van der Waals surface area (Å²) in [5.41, 5.74) is 6.16. The maximum absolute atomic E-state index is 13.4. The highest BCUT2D eigenvalue weighted by Gasteiger charge is 2.34. The van der Waals surface area contributed by atoms with Crippen LogP contribution in [-0.2, 0) is 14.3 Å². The van der Waals surface area contributed by atoms with Crippen molar-refractivity contribution in [3.63, 3.8) is 0 Å². The van der Waals surface area contributed by atoms with Crippen LogP contribution in [0.1, 0.15) is 73.6 Å². The second-order valence-electron chi connectivity index (χ2n) is 10.1. The molecule has 0 spiro atoms. The number of guanidine groups is 1. The molecule has 1 aliphatic heterocycles. The number of nitro groups is 1. The third-order valence-electron chi connectivity index (χ3n) is 4.75. The first-order chi connectivity index (χ1) is 15.2. The van der Waals surface area contributed by atoms with Crippen molar-refractivity contribution in [1.29, 1.82) is 0 Å². The van der Waals surface area contributed by atoms with Gasteiger partial charge in [0.2, 0.25) is 5.91 Å². The molecule has 33 heavy (non-hydrogen) atoms. The minimum Gasteiger partial charge on any atom is -0.444 e. The van der Waals surface area contributed by atoms with Crippen LogP contribution in [0.15, 0.2) is 4.99 Å². The predicted octanol–water partition coefficient (Wildman–Crippen LogP) is 1.95. The summed E-state index contributed by atoms with van der Waals surface area (Å²) in [4.78, 5) is 41.9. The van der Waals surface area contributed by atoms with Crippen LogP contribution < -0.4 is 16.5 Å². The average Bonchev–Trinajstić information content (AvgIpc) is 2.66. The first kappa shape index (κ1) is 28.4. The van der Waals surface area contributed by atoms with Crippen LogP contribution in [0.4, 0.5) is 4.79 Å². The molecule has 1 saturated heterocycles. The monoisotopic (exact) mass is 472 g/mol. The molecule has 12 nitrogen and oxygen atoms in total. The molecule has 1 heterocycles. The number of piperidine rings is 1. The number of aliphatic imine (C=N–C) groups is 1. The number of rotatable bonds is 9. The van der Waals surface area contributed by atoms with Crippen molar-refractivity contribution in [2.75, 3.05) is 19.7 Å². The summed E-state index contributed by atoms with van der Waals surface area (Å²) >= 11 is 0. The zero-order valence-corrected chi connectivity index (χ0v) is 20.7. The maximum atomic E-state index is 13.4. The lowest BCUT2D eigenvalue weighted by molar-refractivity contribution is -0.525. The van der Waals surface area contributed by atoms with Gasteiger partial charge >= 0.3 is 6.09 Å². The Kier molecular flexibility index (Phi) is 10.8. The van der Waals surface area contributed by atoms with Gasteiger partial charge in [0.1, 0.15) is 11.6 Å². The van der Waals surface area contributed by atoms with Crippen LogP contribution in [-0.4, -0.2) is 70.9 Å². The van der Waals surface area contributed by atoms with Crippen LogP contribution in [0, 0.1) is 10.1 Å². The molecular weight excluding hydrogens is 432 g/mol. The summed E-state index contributed by atoms with van der Waals surface area (Å²) in [6.45, 7) is 12.3. The number of nitrogens with two attached hydrogens (primary N) is 1. The van der Waals surface area contributed by atoms with Gasteiger partial charge in [-0.3, -0.25) is 4.79 Å². The fourth-order valence-corrected chi connectivity index (χ4v) is 3.34. The zero-order chi connectivity index (χ0) is 25.2. The van der Waals surface area contributed by atoms with Crippen LogP contribution in [0.5, 0.6) is 0 Å². The van der Waals surface area contributed by atoms with E-state index < -0.39 is 22.8 Å². The Balaban J connectivity index is 2.89. The third kappa shape index (κ3) is 12.3. The Hall–Kier alpha value is -2.63. The van der Waals surface area contributed by atoms with Gasteiger partial charge in [0.05, 0.1) is 18.2 Å². The summed E-state index contributed by atoms with van der Waals surface area (Å²) in [6.07, 6.45) is 2.68. The van der Waals surface area contributed by atoms with Gasteiger partial charge in [-0.15, -0.1) is 0 Å². The molecule has 0 aromatic carbocycles. The summed E-state index contributed by atoms with van der Waals surface area (Å²) in [5.74, 6) is -0.526. The largest absolute Gasteiger partial charge is 0.444 e. The smallest absolute Gasteiger partial charge is 0.408 e. The number of hydrogen-bond donors (Lipinski definition) is 3. The minimum absolute atomic E-state index is 0.0774. The van der Waals surface area contributed by atoms with Crippen molar-refractivity contribution >= 4 is 18.0 Å².